The third-order valence-electron chi connectivity index (χ3n) is 5.03. The first-order chi connectivity index (χ1) is 14.1. The zero-order valence-corrected chi connectivity index (χ0v) is 16.9. The molecule has 152 valence electrons. The lowest BCUT2D eigenvalue weighted by molar-refractivity contribution is -0.132. The van der Waals surface area contributed by atoms with Crippen LogP contribution in [0.4, 0.5) is 0 Å². The minimum atomic E-state index is -0.166. The molecule has 0 aliphatic carbocycles. The molecule has 0 spiro atoms. The number of nitrogens with zero attached hydrogens (tertiary/aromatic N) is 3. The van der Waals surface area contributed by atoms with Crippen molar-refractivity contribution in [2.75, 3.05) is 20.2 Å². The standard InChI is InChI=1S/C20H22N4O4S/c1-27-18-10-14(28-23-18)6-7-19(26)24-8-2-4-13(12-24)20-21-15(11-17(25)22-20)16-5-3-9-29-16/h3,5,9-11,13H,2,4,6-8,12H2,1H3,(H,21,22,25). The second kappa shape index (κ2) is 8.60. The first-order valence-corrected chi connectivity index (χ1v) is 10.4. The monoisotopic (exact) mass is 414 g/mol. The van der Waals surface area contributed by atoms with E-state index in [9.17, 15) is 9.59 Å². The lowest BCUT2D eigenvalue weighted by Crippen LogP contribution is -2.40. The Morgan fingerprint density at radius 2 is 2.34 bits per heavy atom. The Morgan fingerprint density at radius 1 is 1.45 bits per heavy atom. The number of thiophene rings is 1. The summed E-state index contributed by atoms with van der Waals surface area (Å²) in [5, 5.41) is 5.71. The van der Waals surface area contributed by atoms with Crippen LogP contribution < -0.4 is 10.3 Å². The number of carbonyl (C=O) groups excluding carboxylic acids is 1. The van der Waals surface area contributed by atoms with Gasteiger partial charge in [0.2, 0.25) is 5.91 Å². The summed E-state index contributed by atoms with van der Waals surface area (Å²) in [6.07, 6.45) is 2.57. The van der Waals surface area contributed by atoms with E-state index in [2.05, 4.69) is 15.1 Å². The molecular formula is C20H22N4O4S. The molecule has 1 atom stereocenters. The fourth-order valence-electron chi connectivity index (χ4n) is 3.54. The van der Waals surface area contributed by atoms with E-state index in [0.29, 0.717) is 49.1 Å². The first kappa shape index (κ1) is 19.4. The molecule has 4 heterocycles. The number of amides is 1. The Bertz CT molecular complexity index is 1030. The van der Waals surface area contributed by atoms with Crippen LogP contribution in [0.1, 0.15) is 36.8 Å². The highest BCUT2D eigenvalue weighted by Crippen LogP contribution is 2.27. The van der Waals surface area contributed by atoms with E-state index in [0.717, 1.165) is 17.7 Å². The highest BCUT2D eigenvalue weighted by Gasteiger charge is 2.26. The quantitative estimate of drug-likeness (QED) is 0.666. The average Bonchev–Trinajstić information content (AvgIpc) is 3.43. The zero-order chi connectivity index (χ0) is 20.2. The molecule has 3 aromatic rings. The van der Waals surface area contributed by atoms with E-state index in [1.165, 1.54) is 13.2 Å². The summed E-state index contributed by atoms with van der Waals surface area (Å²) < 4.78 is 10.1. The number of likely N-dealkylation sites (tertiary alicyclic amines) is 1. The topological polar surface area (TPSA) is 101 Å². The Morgan fingerprint density at radius 3 is 3.10 bits per heavy atom. The SMILES string of the molecule is COc1cc(CCC(=O)N2CCCC(c3nc(-c4cccs4)cc(=O)[nH]3)C2)on1. The lowest BCUT2D eigenvalue weighted by Gasteiger charge is -2.32. The molecule has 8 nitrogen and oxygen atoms in total. The van der Waals surface area contributed by atoms with Gasteiger partial charge in [-0.1, -0.05) is 6.07 Å². The minimum Gasteiger partial charge on any atom is -0.479 e. The number of aromatic amines is 1. The molecule has 3 aromatic heterocycles. The van der Waals surface area contributed by atoms with E-state index < -0.39 is 0 Å². The number of ether oxygens (including phenoxy) is 1. The van der Waals surface area contributed by atoms with Gasteiger partial charge in [-0.25, -0.2) is 4.98 Å². The van der Waals surface area contributed by atoms with Gasteiger partial charge in [0.25, 0.3) is 11.4 Å². The normalized spacial score (nSPS) is 16.7. The Balaban J connectivity index is 1.43. The maximum absolute atomic E-state index is 12.7. The van der Waals surface area contributed by atoms with Gasteiger partial charge in [0.05, 0.1) is 17.7 Å². The molecule has 0 bridgehead atoms. The van der Waals surface area contributed by atoms with Crippen LogP contribution in [0.5, 0.6) is 5.88 Å². The van der Waals surface area contributed by atoms with Gasteiger partial charge < -0.3 is 19.1 Å². The van der Waals surface area contributed by atoms with E-state index in [1.807, 2.05) is 22.4 Å². The van der Waals surface area contributed by atoms with Gasteiger partial charge in [-0.3, -0.25) is 9.59 Å². The number of aryl methyl sites for hydroxylation is 1. The van der Waals surface area contributed by atoms with E-state index in [4.69, 9.17) is 9.26 Å². The molecule has 29 heavy (non-hydrogen) atoms. The molecule has 0 aromatic carbocycles. The molecule has 0 radical (unpaired) electrons. The predicted molar refractivity (Wildman–Crippen MR) is 108 cm³/mol. The van der Waals surface area contributed by atoms with Crippen LogP contribution in [0.25, 0.3) is 10.6 Å². The van der Waals surface area contributed by atoms with E-state index in [-0.39, 0.29) is 17.4 Å². The second-order valence-corrected chi connectivity index (χ2v) is 7.96. The van der Waals surface area contributed by atoms with Crippen LogP contribution in [0.15, 0.2) is 39.0 Å². The summed E-state index contributed by atoms with van der Waals surface area (Å²) >= 11 is 1.55. The van der Waals surface area contributed by atoms with Crippen LogP contribution in [0.3, 0.4) is 0 Å². The summed E-state index contributed by atoms with van der Waals surface area (Å²) in [6, 6.07) is 7.10. The molecule has 1 saturated heterocycles. The number of aromatic nitrogens is 3. The van der Waals surface area contributed by atoms with Crippen molar-refractivity contribution in [2.45, 2.75) is 31.6 Å². The van der Waals surface area contributed by atoms with Crippen molar-refractivity contribution in [1.29, 1.82) is 0 Å². The molecule has 1 fully saturated rings. The molecule has 0 saturated carbocycles. The second-order valence-electron chi connectivity index (χ2n) is 7.01. The zero-order valence-electron chi connectivity index (χ0n) is 16.1. The minimum absolute atomic E-state index is 0.0192. The number of piperidine rings is 1. The van der Waals surface area contributed by atoms with Crippen molar-refractivity contribution in [3.63, 3.8) is 0 Å². The number of rotatable bonds is 6. The average molecular weight is 414 g/mol. The summed E-state index contributed by atoms with van der Waals surface area (Å²) in [7, 11) is 1.52. The Hall–Kier alpha value is -2.94. The maximum atomic E-state index is 12.7. The van der Waals surface area contributed by atoms with Crippen LogP contribution in [0.2, 0.25) is 0 Å². The fraction of sp³-hybridized carbons (Fsp3) is 0.400. The van der Waals surface area contributed by atoms with Crippen LogP contribution >= 0.6 is 11.3 Å². The van der Waals surface area contributed by atoms with Gasteiger partial charge in [0.15, 0.2) is 0 Å². The number of methoxy groups -OCH3 is 1. The molecule has 1 N–H and O–H groups in total. The van der Waals surface area contributed by atoms with Crippen molar-refractivity contribution < 1.29 is 14.1 Å². The smallest absolute Gasteiger partial charge is 0.254 e. The third kappa shape index (κ3) is 4.56. The largest absolute Gasteiger partial charge is 0.479 e. The summed E-state index contributed by atoms with van der Waals surface area (Å²) in [5.41, 5.74) is 0.516. The maximum Gasteiger partial charge on any atom is 0.254 e. The third-order valence-corrected chi connectivity index (χ3v) is 5.92. The number of nitrogens with one attached hydrogen (secondary N) is 1. The summed E-state index contributed by atoms with van der Waals surface area (Å²) in [5.74, 6) is 1.76. The van der Waals surface area contributed by atoms with Gasteiger partial charge >= 0.3 is 0 Å². The van der Waals surface area contributed by atoms with Crippen molar-refractivity contribution in [2.24, 2.45) is 0 Å². The molecule has 1 amide bonds. The fourth-order valence-corrected chi connectivity index (χ4v) is 4.23. The van der Waals surface area contributed by atoms with E-state index >= 15 is 0 Å². The van der Waals surface area contributed by atoms with Crippen molar-refractivity contribution in [3.05, 3.63) is 51.6 Å². The summed E-state index contributed by atoms with van der Waals surface area (Å²) in [4.78, 5) is 35.2. The van der Waals surface area contributed by atoms with Crippen LogP contribution in [-0.2, 0) is 11.2 Å². The molecule has 4 rings (SSSR count). The van der Waals surface area contributed by atoms with Gasteiger partial charge in [-0.15, -0.1) is 11.3 Å². The highest BCUT2D eigenvalue weighted by atomic mass is 32.1. The molecule has 9 heteroatoms. The molecular weight excluding hydrogens is 392 g/mol. The first-order valence-electron chi connectivity index (χ1n) is 9.55. The van der Waals surface area contributed by atoms with E-state index in [1.54, 1.807) is 17.4 Å². The van der Waals surface area contributed by atoms with Crippen LogP contribution in [-0.4, -0.2) is 46.1 Å². The van der Waals surface area contributed by atoms with Crippen LogP contribution in [0, 0.1) is 0 Å². The Labute approximate surface area is 171 Å². The Kier molecular flexibility index (Phi) is 5.75. The summed E-state index contributed by atoms with van der Waals surface area (Å²) in [6.45, 7) is 1.26. The van der Waals surface area contributed by atoms with Gasteiger partial charge in [0, 0.05) is 44.0 Å². The number of hydrogen-bond donors (Lipinski definition) is 1. The van der Waals surface area contributed by atoms with Gasteiger partial charge in [-0.2, -0.15) is 0 Å². The van der Waals surface area contributed by atoms with Crippen molar-refractivity contribution >= 4 is 17.2 Å². The van der Waals surface area contributed by atoms with Gasteiger partial charge in [-0.05, 0) is 29.4 Å². The number of carbonyl (C=O) groups is 1. The van der Waals surface area contributed by atoms with Gasteiger partial charge in [0.1, 0.15) is 11.6 Å². The lowest BCUT2D eigenvalue weighted by atomic mass is 9.96. The molecule has 1 unspecified atom stereocenters. The molecule has 1 aliphatic rings. The number of hydrogen-bond acceptors (Lipinski definition) is 7. The van der Waals surface area contributed by atoms with Crippen molar-refractivity contribution in [3.8, 4) is 16.5 Å². The number of H-pyrrole nitrogens is 1. The highest BCUT2D eigenvalue weighted by molar-refractivity contribution is 7.13. The van der Waals surface area contributed by atoms with Crippen molar-refractivity contribution in [1.82, 2.24) is 20.0 Å². The molecule has 1 aliphatic heterocycles. The predicted octanol–water partition coefficient (Wildman–Crippen LogP) is 2.83.